The number of halogens is 1. The second kappa shape index (κ2) is 6.59. The second-order valence-electron chi connectivity index (χ2n) is 6.19. The fourth-order valence-electron chi connectivity index (χ4n) is 3.03. The number of aryl methyl sites for hydroxylation is 1. The molecule has 1 atom stereocenters. The normalized spacial score (nSPS) is 19.9. The summed E-state index contributed by atoms with van der Waals surface area (Å²) in [4.78, 5) is 38.7. The second-order valence-corrected chi connectivity index (χ2v) is 7.44. The van der Waals surface area contributed by atoms with E-state index < -0.39 is 17.5 Å². The number of amides is 3. The highest BCUT2D eigenvalue weighted by Gasteiger charge is 2.49. The number of hydrogen-bond acceptors (Lipinski definition) is 3. The highest BCUT2D eigenvalue weighted by molar-refractivity contribution is 14.1. The summed E-state index contributed by atoms with van der Waals surface area (Å²) in [5.74, 6) is -0.681. The molecule has 0 aliphatic carbocycles. The molecule has 1 aliphatic heterocycles. The van der Waals surface area contributed by atoms with Gasteiger partial charge in [-0.15, -0.1) is 0 Å². The maximum Gasteiger partial charge on any atom is 0.325 e. The van der Waals surface area contributed by atoms with Crippen LogP contribution in [0, 0.1) is 10.5 Å². The van der Waals surface area contributed by atoms with Gasteiger partial charge in [-0.3, -0.25) is 14.5 Å². The summed E-state index contributed by atoms with van der Waals surface area (Å²) in [5, 5.41) is 2.74. The summed E-state index contributed by atoms with van der Waals surface area (Å²) < 4.78 is 1.01. The summed E-state index contributed by atoms with van der Waals surface area (Å²) in [6, 6.07) is 13.9. The molecule has 1 aliphatic rings. The van der Waals surface area contributed by atoms with Gasteiger partial charge in [0.15, 0.2) is 5.78 Å². The van der Waals surface area contributed by atoms with Crippen LogP contribution >= 0.6 is 22.6 Å². The van der Waals surface area contributed by atoms with E-state index in [1.54, 1.807) is 19.1 Å². The highest BCUT2D eigenvalue weighted by atomic mass is 127. The molecule has 1 saturated heterocycles. The van der Waals surface area contributed by atoms with Crippen molar-refractivity contribution in [2.75, 3.05) is 6.54 Å². The lowest BCUT2D eigenvalue weighted by molar-refractivity contribution is -0.130. The third kappa shape index (κ3) is 3.18. The van der Waals surface area contributed by atoms with Gasteiger partial charge in [0.25, 0.3) is 5.91 Å². The van der Waals surface area contributed by atoms with Crippen LogP contribution in [0.2, 0.25) is 0 Å². The summed E-state index contributed by atoms with van der Waals surface area (Å²) in [7, 11) is 0. The number of nitrogens with one attached hydrogen (secondary N) is 1. The molecule has 25 heavy (non-hydrogen) atoms. The van der Waals surface area contributed by atoms with Crippen LogP contribution in [0.25, 0.3) is 0 Å². The van der Waals surface area contributed by atoms with Gasteiger partial charge in [0, 0.05) is 9.13 Å². The first-order valence-electron chi connectivity index (χ1n) is 7.82. The number of carbonyl (C=O) groups excluding carboxylic acids is 3. The fraction of sp³-hybridized carbons (Fsp3) is 0.211. The van der Waals surface area contributed by atoms with E-state index in [1.807, 2.05) is 43.3 Å². The zero-order valence-corrected chi connectivity index (χ0v) is 16.0. The quantitative estimate of drug-likeness (QED) is 0.444. The van der Waals surface area contributed by atoms with Crippen molar-refractivity contribution in [2.24, 2.45) is 0 Å². The van der Waals surface area contributed by atoms with Crippen molar-refractivity contribution in [2.45, 2.75) is 19.4 Å². The molecule has 128 valence electrons. The minimum Gasteiger partial charge on any atom is -0.319 e. The average molecular weight is 448 g/mol. The molecule has 1 fully saturated rings. The number of benzene rings is 2. The largest absolute Gasteiger partial charge is 0.325 e. The van der Waals surface area contributed by atoms with E-state index in [1.165, 1.54) is 0 Å². The number of ketones is 1. The first-order chi connectivity index (χ1) is 11.8. The Hall–Kier alpha value is -2.22. The Kier molecular flexibility index (Phi) is 4.64. The maximum atomic E-state index is 12.9. The first-order valence-corrected chi connectivity index (χ1v) is 8.90. The van der Waals surface area contributed by atoms with Gasteiger partial charge in [-0.25, -0.2) is 4.79 Å². The van der Waals surface area contributed by atoms with Crippen LogP contribution in [-0.4, -0.2) is 29.2 Å². The third-order valence-electron chi connectivity index (χ3n) is 4.43. The highest BCUT2D eigenvalue weighted by Crippen LogP contribution is 2.31. The predicted octanol–water partition coefficient (Wildman–Crippen LogP) is 3.25. The molecule has 1 unspecified atom stereocenters. The molecule has 3 rings (SSSR count). The molecule has 0 radical (unpaired) electrons. The molecule has 6 heteroatoms. The van der Waals surface area contributed by atoms with Crippen molar-refractivity contribution in [1.82, 2.24) is 10.2 Å². The van der Waals surface area contributed by atoms with E-state index in [9.17, 15) is 14.4 Å². The Labute approximate surface area is 159 Å². The first kappa shape index (κ1) is 17.6. The van der Waals surface area contributed by atoms with E-state index in [2.05, 4.69) is 27.9 Å². The van der Waals surface area contributed by atoms with E-state index in [-0.39, 0.29) is 12.3 Å². The van der Waals surface area contributed by atoms with Crippen molar-refractivity contribution >= 4 is 40.3 Å². The van der Waals surface area contributed by atoms with Gasteiger partial charge in [0.05, 0.1) is 6.54 Å². The summed E-state index contributed by atoms with van der Waals surface area (Å²) in [5.41, 5.74) is 0.960. The smallest absolute Gasteiger partial charge is 0.319 e. The van der Waals surface area contributed by atoms with Gasteiger partial charge in [0.2, 0.25) is 0 Å². The molecular formula is C19H17IN2O3. The standard InChI is InChI=1S/C19H17IN2O3/c1-12-5-3-4-6-15(12)19(2)17(24)22(18(25)21-19)11-16(23)13-7-9-14(20)10-8-13/h3-10H,11H2,1-2H3,(H,21,25). The Morgan fingerprint density at radius 1 is 1.12 bits per heavy atom. The minimum absolute atomic E-state index is 0.270. The maximum absolute atomic E-state index is 12.9. The lowest BCUT2D eigenvalue weighted by atomic mass is 9.88. The van der Waals surface area contributed by atoms with Gasteiger partial charge in [-0.05, 0) is 59.7 Å². The van der Waals surface area contributed by atoms with Gasteiger partial charge >= 0.3 is 6.03 Å². The van der Waals surface area contributed by atoms with E-state index in [0.717, 1.165) is 19.6 Å². The molecule has 1 heterocycles. The molecule has 0 aromatic heterocycles. The lowest BCUT2D eigenvalue weighted by Crippen LogP contribution is -2.42. The van der Waals surface area contributed by atoms with Crippen LogP contribution in [0.15, 0.2) is 48.5 Å². The van der Waals surface area contributed by atoms with E-state index in [4.69, 9.17) is 0 Å². The molecule has 2 aromatic carbocycles. The SMILES string of the molecule is Cc1ccccc1C1(C)NC(=O)N(CC(=O)c2ccc(I)cc2)C1=O. The van der Waals surface area contributed by atoms with Crippen molar-refractivity contribution in [3.05, 3.63) is 68.8 Å². The fourth-order valence-corrected chi connectivity index (χ4v) is 3.39. The summed E-state index contributed by atoms with van der Waals surface area (Å²) >= 11 is 2.15. The number of carbonyl (C=O) groups is 3. The predicted molar refractivity (Wildman–Crippen MR) is 102 cm³/mol. The Bertz CT molecular complexity index is 863. The number of imide groups is 1. The molecule has 3 amide bonds. The minimum atomic E-state index is -1.16. The van der Waals surface area contributed by atoms with Crippen LogP contribution in [0.1, 0.15) is 28.4 Å². The zero-order valence-electron chi connectivity index (χ0n) is 13.9. The van der Waals surface area contributed by atoms with Gasteiger partial charge in [-0.1, -0.05) is 36.4 Å². The van der Waals surface area contributed by atoms with Gasteiger partial charge < -0.3 is 5.32 Å². The Morgan fingerprint density at radius 2 is 1.76 bits per heavy atom. The third-order valence-corrected chi connectivity index (χ3v) is 5.15. The number of Topliss-reactive ketones (excluding diaryl/α,β-unsaturated/α-hetero) is 1. The lowest BCUT2D eigenvalue weighted by Gasteiger charge is -2.24. The van der Waals surface area contributed by atoms with Crippen molar-refractivity contribution in [3.63, 3.8) is 0 Å². The monoisotopic (exact) mass is 448 g/mol. The van der Waals surface area contributed by atoms with Crippen LogP contribution in [0.5, 0.6) is 0 Å². The Morgan fingerprint density at radius 3 is 2.40 bits per heavy atom. The number of urea groups is 1. The number of hydrogen-bond donors (Lipinski definition) is 1. The van der Waals surface area contributed by atoms with Gasteiger partial charge in [-0.2, -0.15) is 0 Å². The van der Waals surface area contributed by atoms with Crippen LogP contribution in [0.4, 0.5) is 4.79 Å². The molecule has 2 aromatic rings. The van der Waals surface area contributed by atoms with Crippen molar-refractivity contribution < 1.29 is 14.4 Å². The molecule has 0 bridgehead atoms. The van der Waals surface area contributed by atoms with Gasteiger partial charge in [0.1, 0.15) is 5.54 Å². The molecule has 0 spiro atoms. The summed E-state index contributed by atoms with van der Waals surface area (Å²) in [6.45, 7) is 3.29. The number of rotatable bonds is 4. The van der Waals surface area contributed by atoms with Crippen molar-refractivity contribution in [3.8, 4) is 0 Å². The molecule has 5 nitrogen and oxygen atoms in total. The van der Waals surface area contributed by atoms with Crippen LogP contribution in [0.3, 0.4) is 0 Å². The van der Waals surface area contributed by atoms with Crippen molar-refractivity contribution in [1.29, 1.82) is 0 Å². The molecule has 0 saturated carbocycles. The summed E-state index contributed by atoms with van der Waals surface area (Å²) in [6.07, 6.45) is 0. The van der Waals surface area contributed by atoms with Crippen LogP contribution < -0.4 is 5.32 Å². The zero-order chi connectivity index (χ0) is 18.2. The van der Waals surface area contributed by atoms with E-state index in [0.29, 0.717) is 5.56 Å². The molecule has 1 N–H and O–H groups in total. The topological polar surface area (TPSA) is 66.5 Å². The van der Waals surface area contributed by atoms with E-state index >= 15 is 0 Å². The average Bonchev–Trinajstić information content (AvgIpc) is 2.80. The van der Waals surface area contributed by atoms with Crippen LogP contribution in [-0.2, 0) is 10.3 Å². The Balaban J connectivity index is 1.85. The molecular weight excluding hydrogens is 431 g/mol. The number of nitrogens with zero attached hydrogens (tertiary/aromatic N) is 1.